The van der Waals surface area contributed by atoms with Crippen LogP contribution in [-0.2, 0) is 28.6 Å². The van der Waals surface area contributed by atoms with Gasteiger partial charge in [-0.15, -0.1) is 0 Å². The van der Waals surface area contributed by atoms with Gasteiger partial charge in [-0.2, -0.15) is 0 Å². The molecule has 1 spiro atoms. The zero-order chi connectivity index (χ0) is 26.8. The number of carbonyl (C=O) groups is 3. The zero-order valence-corrected chi connectivity index (χ0v) is 23.8. The summed E-state index contributed by atoms with van der Waals surface area (Å²) in [5.41, 5.74) is -0.205. The monoisotopic (exact) mass is 516 g/mol. The van der Waals surface area contributed by atoms with Crippen molar-refractivity contribution < 1.29 is 28.6 Å². The molecule has 0 aromatic carbocycles. The molecule has 0 aromatic heterocycles. The van der Waals surface area contributed by atoms with Crippen LogP contribution >= 0.6 is 0 Å². The molecule has 0 radical (unpaired) electrons. The minimum absolute atomic E-state index is 0.108. The normalized spacial score (nSPS) is 44.6. The molecule has 0 N–H and O–H groups in total. The molecule has 4 saturated carbocycles. The standard InChI is InChI=1S/C31H48O6/c1-18(2)27(34)10-7-19(3)24-8-9-25-23-15-28-31(37-28)16-22(36-21(5)33)11-14-30(31,17-35-20(4)32)26(23)12-13-29(24,25)6/h18-19,22-26,28H,7-17H2,1-6H3/t19?,22-,23?,24?,25?,26?,28?,29+,30-,31?/m0/s1. The van der Waals surface area contributed by atoms with Gasteiger partial charge in [-0.05, 0) is 86.4 Å². The van der Waals surface area contributed by atoms with Crippen molar-refractivity contribution in [1.29, 1.82) is 0 Å². The molecule has 1 saturated heterocycles. The van der Waals surface area contributed by atoms with E-state index in [-0.39, 0.29) is 41.1 Å². The molecule has 0 bridgehead atoms. The van der Waals surface area contributed by atoms with Crippen LogP contribution in [0.3, 0.4) is 0 Å². The number of ether oxygens (including phenoxy) is 3. The molecule has 1 aliphatic heterocycles. The fourth-order valence-corrected chi connectivity index (χ4v) is 10.1. The number of Topliss-reactive ketones (excluding diaryl/α,β-unsaturated/α-hetero) is 1. The Morgan fingerprint density at radius 1 is 0.973 bits per heavy atom. The molecule has 5 fully saturated rings. The van der Waals surface area contributed by atoms with Gasteiger partial charge in [-0.25, -0.2) is 0 Å². The second-order valence-corrected chi connectivity index (χ2v) is 13.9. The molecular weight excluding hydrogens is 468 g/mol. The lowest BCUT2D eigenvalue weighted by Crippen LogP contribution is -2.62. The van der Waals surface area contributed by atoms with Gasteiger partial charge < -0.3 is 14.2 Å². The van der Waals surface area contributed by atoms with Gasteiger partial charge in [0, 0.05) is 38.0 Å². The van der Waals surface area contributed by atoms with Gasteiger partial charge in [0.05, 0.1) is 6.10 Å². The minimum atomic E-state index is -0.321. The number of rotatable bonds is 8. The quantitative estimate of drug-likeness (QED) is 0.295. The Kier molecular flexibility index (Phi) is 7.07. The van der Waals surface area contributed by atoms with Gasteiger partial charge in [0.25, 0.3) is 0 Å². The van der Waals surface area contributed by atoms with Crippen LogP contribution in [0.15, 0.2) is 0 Å². The molecule has 208 valence electrons. The number of fused-ring (bicyclic) bond motifs is 4. The summed E-state index contributed by atoms with van der Waals surface area (Å²) in [6, 6.07) is 0. The maximum atomic E-state index is 12.3. The van der Waals surface area contributed by atoms with E-state index in [0.717, 1.165) is 38.5 Å². The highest BCUT2D eigenvalue weighted by Gasteiger charge is 2.78. The summed E-state index contributed by atoms with van der Waals surface area (Å²) >= 11 is 0. The molecule has 0 aromatic rings. The molecule has 5 aliphatic rings. The maximum Gasteiger partial charge on any atom is 0.302 e. The van der Waals surface area contributed by atoms with Gasteiger partial charge in [0.2, 0.25) is 0 Å². The van der Waals surface area contributed by atoms with Crippen LogP contribution in [0, 0.1) is 46.3 Å². The number of ketones is 1. The first-order valence-electron chi connectivity index (χ1n) is 14.9. The van der Waals surface area contributed by atoms with E-state index >= 15 is 0 Å². The number of hydrogen-bond donors (Lipinski definition) is 0. The van der Waals surface area contributed by atoms with Crippen LogP contribution < -0.4 is 0 Å². The molecule has 1 heterocycles. The molecule has 5 rings (SSSR count). The molecule has 37 heavy (non-hydrogen) atoms. The molecule has 7 unspecified atom stereocenters. The fourth-order valence-electron chi connectivity index (χ4n) is 10.1. The third-order valence-corrected chi connectivity index (χ3v) is 11.9. The number of hydrogen-bond acceptors (Lipinski definition) is 6. The van der Waals surface area contributed by atoms with Gasteiger partial charge in [0.1, 0.15) is 24.1 Å². The van der Waals surface area contributed by atoms with Crippen molar-refractivity contribution in [2.45, 2.75) is 124 Å². The zero-order valence-electron chi connectivity index (χ0n) is 23.8. The van der Waals surface area contributed by atoms with E-state index in [4.69, 9.17) is 14.2 Å². The van der Waals surface area contributed by atoms with Crippen LogP contribution in [0.1, 0.15) is 106 Å². The first-order valence-corrected chi connectivity index (χ1v) is 14.9. The summed E-state index contributed by atoms with van der Waals surface area (Å²) in [4.78, 5) is 36.1. The van der Waals surface area contributed by atoms with Gasteiger partial charge >= 0.3 is 11.9 Å². The maximum absolute atomic E-state index is 12.3. The predicted octanol–water partition coefficient (Wildman–Crippen LogP) is 5.89. The third-order valence-electron chi connectivity index (χ3n) is 11.9. The van der Waals surface area contributed by atoms with Gasteiger partial charge in [0.15, 0.2) is 0 Å². The van der Waals surface area contributed by atoms with Crippen LogP contribution in [0.5, 0.6) is 0 Å². The van der Waals surface area contributed by atoms with Gasteiger partial charge in [-0.1, -0.05) is 27.7 Å². The Morgan fingerprint density at radius 2 is 1.73 bits per heavy atom. The highest BCUT2D eigenvalue weighted by Crippen LogP contribution is 2.74. The molecule has 10 atom stereocenters. The van der Waals surface area contributed by atoms with E-state index in [0.29, 0.717) is 53.8 Å². The van der Waals surface area contributed by atoms with Crippen molar-refractivity contribution in [2.24, 2.45) is 46.3 Å². The third kappa shape index (κ3) is 4.37. The highest BCUT2D eigenvalue weighted by atomic mass is 16.6. The average Bonchev–Trinajstić information content (AvgIpc) is 3.40. The molecule has 0 amide bonds. The molecule has 6 heteroatoms. The average molecular weight is 517 g/mol. The van der Waals surface area contributed by atoms with E-state index < -0.39 is 0 Å². The van der Waals surface area contributed by atoms with E-state index in [1.165, 1.54) is 33.1 Å². The first-order chi connectivity index (χ1) is 17.4. The van der Waals surface area contributed by atoms with E-state index in [1.54, 1.807) is 0 Å². The largest absolute Gasteiger partial charge is 0.465 e. The summed E-state index contributed by atoms with van der Waals surface area (Å²) in [6.07, 6.45) is 10.1. The number of epoxide rings is 1. The van der Waals surface area contributed by atoms with Crippen molar-refractivity contribution in [3.63, 3.8) is 0 Å². The van der Waals surface area contributed by atoms with Crippen molar-refractivity contribution in [3.05, 3.63) is 0 Å². The van der Waals surface area contributed by atoms with Crippen molar-refractivity contribution >= 4 is 17.7 Å². The van der Waals surface area contributed by atoms with E-state index in [2.05, 4.69) is 13.8 Å². The Labute approximate surface area is 222 Å². The second-order valence-electron chi connectivity index (χ2n) is 13.9. The summed E-state index contributed by atoms with van der Waals surface area (Å²) in [6.45, 7) is 12.4. The van der Waals surface area contributed by atoms with Crippen molar-refractivity contribution in [2.75, 3.05) is 6.61 Å². The summed E-state index contributed by atoms with van der Waals surface area (Å²) in [5.74, 6) is 2.99. The number of esters is 2. The van der Waals surface area contributed by atoms with E-state index in [1.807, 2.05) is 13.8 Å². The van der Waals surface area contributed by atoms with Crippen LogP contribution in [-0.4, -0.2) is 42.1 Å². The topological polar surface area (TPSA) is 82.2 Å². The lowest BCUT2D eigenvalue weighted by atomic mass is 9.44. The van der Waals surface area contributed by atoms with Crippen LogP contribution in [0.25, 0.3) is 0 Å². The molecular formula is C31H48O6. The molecule has 6 nitrogen and oxygen atoms in total. The number of carbonyl (C=O) groups excluding carboxylic acids is 3. The van der Waals surface area contributed by atoms with Gasteiger partial charge in [-0.3, -0.25) is 14.4 Å². The fraction of sp³-hybridized carbons (Fsp3) is 0.903. The Bertz CT molecular complexity index is 929. The highest BCUT2D eigenvalue weighted by molar-refractivity contribution is 5.80. The summed E-state index contributed by atoms with van der Waals surface area (Å²) < 4.78 is 18.1. The Balaban J connectivity index is 1.37. The summed E-state index contributed by atoms with van der Waals surface area (Å²) in [5, 5.41) is 0. The Morgan fingerprint density at radius 3 is 2.41 bits per heavy atom. The van der Waals surface area contributed by atoms with Crippen molar-refractivity contribution in [1.82, 2.24) is 0 Å². The van der Waals surface area contributed by atoms with E-state index in [9.17, 15) is 14.4 Å². The smallest absolute Gasteiger partial charge is 0.302 e. The minimum Gasteiger partial charge on any atom is -0.465 e. The second kappa shape index (κ2) is 9.64. The lowest BCUT2D eigenvalue weighted by molar-refractivity contribution is -0.176. The van der Waals surface area contributed by atoms with Crippen LogP contribution in [0.2, 0.25) is 0 Å². The van der Waals surface area contributed by atoms with Crippen molar-refractivity contribution in [3.8, 4) is 0 Å². The van der Waals surface area contributed by atoms with Crippen LogP contribution in [0.4, 0.5) is 0 Å². The Hall–Kier alpha value is -1.43. The predicted molar refractivity (Wildman–Crippen MR) is 139 cm³/mol. The molecule has 4 aliphatic carbocycles. The summed E-state index contributed by atoms with van der Waals surface area (Å²) in [7, 11) is 0. The lowest BCUT2D eigenvalue weighted by Gasteiger charge is -2.60. The SMILES string of the molecule is CC(=O)OC[C@]12CC[C@H](OC(C)=O)CC13OC3CC1C3CCC(C(C)CCC(=O)C(C)C)[C@@]3(C)CCC12. The first kappa shape index (κ1) is 27.1.